The summed E-state index contributed by atoms with van der Waals surface area (Å²) in [6, 6.07) is 3.53. The molecule has 2 aromatic rings. The van der Waals surface area contributed by atoms with Gasteiger partial charge in [0, 0.05) is 31.2 Å². The number of Topliss-reactive ketones (excluding diaryl/α,β-unsaturated/α-hetero) is 2. The first-order chi connectivity index (χ1) is 31.1. The predicted octanol–water partition coefficient (Wildman–Crippen LogP) is 13.0. The minimum absolute atomic E-state index is 0. The first-order valence-corrected chi connectivity index (χ1v) is 24.3. The molecule has 4 atom stereocenters. The van der Waals surface area contributed by atoms with Gasteiger partial charge in [-0.25, -0.2) is 0 Å². The van der Waals surface area contributed by atoms with Crippen molar-refractivity contribution < 1.29 is 65.7 Å². The number of esters is 2. The van der Waals surface area contributed by atoms with E-state index in [2.05, 4.69) is 39.3 Å². The standard InChI is InChI=1S/C22H32O6.C18H31BO6.C10H13BrO2.2CH4/c1-5-6-7-9-17(23)21-16(14-15-26-21)12-13-19-18(27-22(2,3)28-19)10-8-11-20(24)25-4;1-16(2)17(3,4)25-19(24-16)12-11-14-13(22-18(5,6)23-14)9-8-10-15(20)21-7;1-2-3-4-5-9(12)10-8(11)6-7-13-10;;/h12-15,18-19H,5-11H2,1-4H3;11-14H,8-10H2,1-7H3;6-7H,2-5H2,1H3;2*1H4/b13-12+;12-11+;;;/t18-,19+;13-,14+;;;/m00.../s1. The molecule has 0 saturated carbocycles. The Morgan fingerprint density at radius 2 is 1.06 bits per heavy atom. The number of rotatable bonds is 22. The molecule has 3 saturated heterocycles. The van der Waals surface area contributed by atoms with Gasteiger partial charge in [-0.15, -0.1) is 0 Å². The lowest BCUT2D eigenvalue weighted by molar-refractivity contribution is -0.145. The van der Waals surface area contributed by atoms with Crippen molar-refractivity contribution >= 4 is 52.6 Å². The van der Waals surface area contributed by atoms with Crippen LogP contribution in [0.4, 0.5) is 0 Å². The van der Waals surface area contributed by atoms with E-state index in [1.165, 1.54) is 26.7 Å². The molecular weight excluding hydrogens is 939 g/mol. The van der Waals surface area contributed by atoms with Crippen LogP contribution in [-0.4, -0.2) is 92.0 Å². The van der Waals surface area contributed by atoms with Crippen molar-refractivity contribution in [2.24, 2.45) is 0 Å². The Hall–Kier alpha value is -3.38. The highest BCUT2D eigenvalue weighted by molar-refractivity contribution is 9.10. The number of carbonyl (C=O) groups excluding carboxylic acids is 4. The van der Waals surface area contributed by atoms with E-state index in [4.69, 9.17) is 37.1 Å². The molecule has 0 amide bonds. The SMILES string of the molecule is C.C.CCCCCC(=O)c1occc1/C=C/[C@H]1OC(C)(C)O[C@H]1CCCC(=O)OC.CCCCCC(=O)c1occc1Br.COC(=O)CCC[C@@H]1OC(C)(C)O[C@@H]1/C=C/B1OC(C)(C)C(C)(C)O1. The Balaban J connectivity index is 0.000000532. The van der Waals surface area contributed by atoms with E-state index in [1.54, 1.807) is 12.1 Å². The molecule has 386 valence electrons. The highest BCUT2D eigenvalue weighted by atomic mass is 79.9. The summed E-state index contributed by atoms with van der Waals surface area (Å²) >= 11 is 3.26. The van der Waals surface area contributed by atoms with E-state index >= 15 is 0 Å². The van der Waals surface area contributed by atoms with E-state index in [0.717, 1.165) is 55.0 Å². The summed E-state index contributed by atoms with van der Waals surface area (Å²) in [5, 5.41) is 0. The molecule has 5 rings (SSSR count). The lowest BCUT2D eigenvalue weighted by Crippen LogP contribution is -2.41. The molecule has 3 fully saturated rings. The fourth-order valence-electron chi connectivity index (χ4n) is 7.43. The molecule has 14 nitrogen and oxygen atoms in total. The molecule has 0 unspecified atom stereocenters. The average Bonchev–Trinajstić information content (AvgIpc) is 4.06. The summed E-state index contributed by atoms with van der Waals surface area (Å²) in [4.78, 5) is 46.4. The van der Waals surface area contributed by atoms with E-state index in [9.17, 15) is 19.2 Å². The fourth-order valence-corrected chi connectivity index (χ4v) is 7.85. The quantitative estimate of drug-likeness (QED) is 0.0472. The number of carbonyl (C=O) groups is 4. The van der Waals surface area contributed by atoms with Gasteiger partial charge in [0.25, 0.3) is 0 Å². The lowest BCUT2D eigenvalue weighted by Gasteiger charge is -2.32. The Bertz CT molecular complexity index is 1860. The predicted molar refractivity (Wildman–Crippen MR) is 269 cm³/mol. The largest absolute Gasteiger partial charge is 0.486 e. The van der Waals surface area contributed by atoms with Gasteiger partial charge >= 0.3 is 19.1 Å². The maximum Gasteiger partial charge on any atom is 0.486 e. The molecule has 0 N–H and O–H groups in total. The summed E-state index contributed by atoms with van der Waals surface area (Å²) in [6.07, 6.45) is 18.8. The van der Waals surface area contributed by atoms with Gasteiger partial charge in [0.2, 0.25) is 0 Å². The van der Waals surface area contributed by atoms with E-state index < -0.39 is 18.7 Å². The third kappa shape index (κ3) is 20.5. The number of ketones is 2. The fraction of sp³-hybridized carbons (Fsp3) is 0.692. The number of hydrogen-bond donors (Lipinski definition) is 0. The molecule has 0 aromatic carbocycles. The van der Waals surface area contributed by atoms with Gasteiger partial charge in [-0.1, -0.05) is 78.6 Å². The number of halogens is 1. The molecule has 0 aliphatic carbocycles. The maximum absolute atomic E-state index is 12.4. The smallest absolute Gasteiger partial charge is 0.469 e. The highest BCUT2D eigenvalue weighted by Gasteiger charge is 2.50. The van der Waals surface area contributed by atoms with E-state index in [1.807, 2.05) is 79.6 Å². The molecule has 0 spiro atoms. The Kier molecular flexibility index (Phi) is 27.4. The second-order valence-corrected chi connectivity index (χ2v) is 19.5. The zero-order chi connectivity index (χ0) is 49.1. The van der Waals surface area contributed by atoms with Crippen LogP contribution in [-0.2, 0) is 47.3 Å². The van der Waals surface area contributed by atoms with Gasteiger partial charge < -0.3 is 46.6 Å². The van der Waals surface area contributed by atoms with Gasteiger partial charge in [-0.05, 0) is 122 Å². The van der Waals surface area contributed by atoms with Crippen LogP contribution < -0.4 is 0 Å². The number of hydrogen-bond acceptors (Lipinski definition) is 14. The minimum Gasteiger partial charge on any atom is -0.469 e. The molecule has 3 aliphatic rings. The van der Waals surface area contributed by atoms with E-state index in [-0.39, 0.29) is 74.0 Å². The zero-order valence-corrected chi connectivity index (χ0v) is 43.1. The van der Waals surface area contributed by atoms with Gasteiger partial charge in [0.15, 0.2) is 34.7 Å². The molecule has 0 radical (unpaired) electrons. The Labute approximate surface area is 416 Å². The van der Waals surface area contributed by atoms with E-state index in [0.29, 0.717) is 56.5 Å². The van der Waals surface area contributed by atoms with Crippen LogP contribution >= 0.6 is 15.9 Å². The highest BCUT2D eigenvalue weighted by Crippen LogP contribution is 2.38. The van der Waals surface area contributed by atoms with Crippen molar-refractivity contribution in [3.8, 4) is 0 Å². The third-order valence-corrected chi connectivity index (χ3v) is 12.3. The van der Waals surface area contributed by atoms with Gasteiger partial charge in [0.1, 0.15) is 12.2 Å². The van der Waals surface area contributed by atoms with Crippen LogP contribution in [0.1, 0.15) is 201 Å². The lowest BCUT2D eigenvalue weighted by atomic mass is 9.88. The molecular formula is C52H84BBrO14. The number of unbranched alkanes of at least 4 members (excludes halogenated alkanes) is 4. The van der Waals surface area contributed by atoms with Crippen molar-refractivity contribution in [3.05, 3.63) is 64.3 Å². The van der Waals surface area contributed by atoms with Crippen LogP contribution in [0.3, 0.4) is 0 Å². The zero-order valence-electron chi connectivity index (χ0n) is 41.5. The molecule has 2 aromatic heterocycles. The molecule has 5 heterocycles. The summed E-state index contributed by atoms with van der Waals surface area (Å²) < 4.78 is 56.4. The van der Waals surface area contributed by atoms with Crippen molar-refractivity contribution in [2.45, 2.75) is 221 Å². The van der Waals surface area contributed by atoms with Gasteiger partial charge in [-0.3, -0.25) is 19.2 Å². The second-order valence-electron chi connectivity index (χ2n) is 18.6. The van der Waals surface area contributed by atoms with Crippen LogP contribution in [0.2, 0.25) is 0 Å². The molecule has 68 heavy (non-hydrogen) atoms. The summed E-state index contributed by atoms with van der Waals surface area (Å²) in [7, 11) is 2.38. The average molecular weight is 1020 g/mol. The monoisotopic (exact) mass is 1020 g/mol. The van der Waals surface area contributed by atoms with Crippen LogP contribution in [0.15, 0.2) is 56.1 Å². The normalized spacial score (nSPS) is 21.8. The van der Waals surface area contributed by atoms with Crippen molar-refractivity contribution in [1.29, 1.82) is 0 Å². The van der Waals surface area contributed by atoms with Gasteiger partial charge in [0.05, 0.1) is 54.6 Å². The molecule has 16 heteroatoms. The first-order valence-electron chi connectivity index (χ1n) is 23.5. The van der Waals surface area contributed by atoms with Crippen LogP contribution in [0, 0.1) is 0 Å². The van der Waals surface area contributed by atoms with Crippen LogP contribution in [0.25, 0.3) is 6.08 Å². The van der Waals surface area contributed by atoms with Gasteiger partial charge in [-0.2, -0.15) is 0 Å². The molecule has 3 aliphatic heterocycles. The topological polar surface area (TPSA) is 168 Å². The van der Waals surface area contributed by atoms with Crippen molar-refractivity contribution in [2.75, 3.05) is 14.2 Å². The first kappa shape index (κ1) is 62.6. The van der Waals surface area contributed by atoms with Crippen LogP contribution in [0.5, 0.6) is 0 Å². The summed E-state index contributed by atoms with van der Waals surface area (Å²) in [5.74, 6) is 1.07. The number of ether oxygens (including phenoxy) is 6. The molecule has 0 bridgehead atoms. The Morgan fingerprint density at radius 1 is 0.618 bits per heavy atom. The third-order valence-electron chi connectivity index (χ3n) is 11.7. The minimum atomic E-state index is -0.694. The summed E-state index contributed by atoms with van der Waals surface area (Å²) in [6.45, 7) is 19.8. The Morgan fingerprint density at radius 3 is 1.50 bits per heavy atom. The second kappa shape index (κ2) is 29.7. The van der Waals surface area contributed by atoms with Crippen molar-refractivity contribution in [1.82, 2.24) is 0 Å². The summed E-state index contributed by atoms with van der Waals surface area (Å²) in [5.41, 5.74) is 0.0192. The number of furan rings is 2. The maximum atomic E-state index is 12.4. The van der Waals surface area contributed by atoms with Crippen molar-refractivity contribution in [3.63, 3.8) is 0 Å². The number of methoxy groups -OCH3 is 2.